The Balaban J connectivity index is 0.00000137. The number of hydrogen-bond acceptors (Lipinski definition) is 3. The minimum Gasteiger partial charge on any atom is -0.487 e. The number of aromatic nitrogens is 1. The average molecular weight is 317 g/mol. The largest absolute Gasteiger partial charge is 0.487 e. The fourth-order valence-electron chi connectivity index (χ4n) is 1.47. The van der Waals surface area contributed by atoms with Gasteiger partial charge in [-0.05, 0) is 35.7 Å². The van der Waals surface area contributed by atoms with Crippen LogP contribution in [-0.2, 0) is 0 Å². The minimum absolute atomic E-state index is 0.253. The molecule has 4 heteroatoms. The van der Waals surface area contributed by atoms with Crippen molar-refractivity contribution in [2.24, 2.45) is 0 Å². The van der Waals surface area contributed by atoms with Gasteiger partial charge in [-0.3, -0.25) is 0 Å². The fourth-order valence-corrected chi connectivity index (χ4v) is 1.76. The Morgan fingerprint density at radius 1 is 1.33 bits per heavy atom. The van der Waals surface area contributed by atoms with Crippen molar-refractivity contribution in [2.75, 3.05) is 12.4 Å². The second kappa shape index (κ2) is 9.20. The number of anilines is 1. The Morgan fingerprint density at radius 3 is 2.33 bits per heavy atom. The first-order valence-corrected chi connectivity index (χ1v) is 7.43. The van der Waals surface area contributed by atoms with Crippen LogP contribution in [0.1, 0.15) is 46.2 Å². The quantitative estimate of drug-likeness (QED) is 0.848. The standard InChI is InChI=1S/C12H19BrN2O.C2H6/c1-5-9(6-2)16-11-7-10(13)8(3)15-12(11)14-4;1-2/h7,9H,5-6H2,1-4H3,(H,14,15);1-2H3. The minimum atomic E-state index is 0.253. The van der Waals surface area contributed by atoms with Crippen molar-refractivity contribution >= 4 is 21.7 Å². The van der Waals surface area contributed by atoms with Crippen molar-refractivity contribution < 1.29 is 4.74 Å². The molecule has 0 amide bonds. The van der Waals surface area contributed by atoms with E-state index in [1.54, 1.807) is 0 Å². The number of pyridine rings is 1. The zero-order valence-corrected chi connectivity index (χ0v) is 13.9. The van der Waals surface area contributed by atoms with Gasteiger partial charge >= 0.3 is 0 Å². The van der Waals surface area contributed by atoms with E-state index >= 15 is 0 Å². The van der Waals surface area contributed by atoms with E-state index in [-0.39, 0.29) is 6.10 Å². The van der Waals surface area contributed by atoms with Crippen LogP contribution in [0.2, 0.25) is 0 Å². The number of nitrogens with one attached hydrogen (secondary N) is 1. The van der Waals surface area contributed by atoms with Gasteiger partial charge in [0.1, 0.15) is 0 Å². The predicted molar refractivity (Wildman–Crippen MR) is 82.6 cm³/mol. The summed E-state index contributed by atoms with van der Waals surface area (Å²) in [5.41, 5.74) is 0.959. The van der Waals surface area contributed by atoms with Gasteiger partial charge in [-0.25, -0.2) is 4.98 Å². The van der Waals surface area contributed by atoms with Crippen LogP contribution < -0.4 is 10.1 Å². The highest BCUT2D eigenvalue weighted by Crippen LogP contribution is 2.29. The second-order valence-electron chi connectivity index (χ2n) is 3.71. The molecule has 3 nitrogen and oxygen atoms in total. The number of aryl methyl sites for hydroxylation is 1. The summed E-state index contributed by atoms with van der Waals surface area (Å²) in [6.45, 7) is 10.2. The molecular weight excluding hydrogens is 292 g/mol. The SMILES string of the molecule is CC.CCC(CC)Oc1cc(Br)c(C)nc1NC. The topological polar surface area (TPSA) is 34.1 Å². The maximum Gasteiger partial charge on any atom is 0.168 e. The first-order valence-electron chi connectivity index (χ1n) is 6.63. The number of ether oxygens (including phenoxy) is 1. The zero-order valence-electron chi connectivity index (χ0n) is 12.3. The molecular formula is C14H25BrN2O. The molecule has 1 heterocycles. The molecule has 0 aliphatic rings. The summed E-state index contributed by atoms with van der Waals surface area (Å²) in [6, 6.07) is 1.98. The lowest BCUT2D eigenvalue weighted by Gasteiger charge is -2.18. The molecule has 18 heavy (non-hydrogen) atoms. The molecule has 1 aromatic rings. The van der Waals surface area contributed by atoms with E-state index in [2.05, 4.69) is 40.1 Å². The van der Waals surface area contributed by atoms with Gasteiger partial charge in [-0.1, -0.05) is 27.7 Å². The van der Waals surface area contributed by atoms with E-state index in [1.165, 1.54) is 0 Å². The molecule has 0 aliphatic carbocycles. The van der Waals surface area contributed by atoms with Gasteiger partial charge in [0.05, 0.1) is 11.8 Å². The Kier molecular flexibility index (Phi) is 8.81. The van der Waals surface area contributed by atoms with E-state index in [9.17, 15) is 0 Å². The molecule has 1 N–H and O–H groups in total. The Morgan fingerprint density at radius 2 is 1.89 bits per heavy atom. The molecule has 0 aromatic carbocycles. The highest BCUT2D eigenvalue weighted by atomic mass is 79.9. The van der Waals surface area contributed by atoms with E-state index in [0.29, 0.717) is 0 Å². The first-order chi connectivity index (χ1) is 8.62. The predicted octanol–water partition coefficient (Wildman–Crippen LogP) is 4.79. The lowest BCUT2D eigenvalue weighted by Crippen LogP contribution is -2.15. The summed E-state index contributed by atoms with van der Waals surface area (Å²) in [5.74, 6) is 1.61. The third-order valence-electron chi connectivity index (χ3n) is 2.56. The van der Waals surface area contributed by atoms with Crippen LogP contribution in [-0.4, -0.2) is 18.1 Å². The van der Waals surface area contributed by atoms with Crippen molar-refractivity contribution in [1.29, 1.82) is 0 Å². The van der Waals surface area contributed by atoms with Crippen LogP contribution in [0.4, 0.5) is 5.82 Å². The Hall–Kier alpha value is -0.770. The summed E-state index contributed by atoms with van der Waals surface area (Å²) >= 11 is 3.47. The molecule has 0 fully saturated rings. The van der Waals surface area contributed by atoms with Gasteiger partial charge in [0.15, 0.2) is 11.6 Å². The maximum atomic E-state index is 5.92. The van der Waals surface area contributed by atoms with Gasteiger partial charge in [0, 0.05) is 17.6 Å². The molecule has 0 spiro atoms. The van der Waals surface area contributed by atoms with Crippen molar-refractivity contribution in [1.82, 2.24) is 4.98 Å². The van der Waals surface area contributed by atoms with Gasteiger partial charge in [-0.2, -0.15) is 0 Å². The summed E-state index contributed by atoms with van der Waals surface area (Å²) < 4.78 is 6.89. The first kappa shape index (κ1) is 17.2. The lowest BCUT2D eigenvalue weighted by molar-refractivity contribution is 0.193. The van der Waals surface area contributed by atoms with Gasteiger partial charge in [0.2, 0.25) is 0 Å². The average Bonchev–Trinajstić information content (AvgIpc) is 2.41. The highest BCUT2D eigenvalue weighted by Gasteiger charge is 2.12. The van der Waals surface area contributed by atoms with Crippen LogP contribution in [0.15, 0.2) is 10.5 Å². The monoisotopic (exact) mass is 316 g/mol. The van der Waals surface area contributed by atoms with Crippen LogP contribution in [0.5, 0.6) is 5.75 Å². The van der Waals surface area contributed by atoms with Crippen LogP contribution in [0, 0.1) is 6.92 Å². The van der Waals surface area contributed by atoms with E-state index in [4.69, 9.17) is 4.74 Å². The molecule has 0 radical (unpaired) electrons. The summed E-state index contributed by atoms with van der Waals surface area (Å²) in [6.07, 6.45) is 2.26. The third-order valence-corrected chi connectivity index (χ3v) is 3.36. The molecule has 0 bridgehead atoms. The molecule has 104 valence electrons. The van der Waals surface area contributed by atoms with E-state index < -0.39 is 0 Å². The summed E-state index contributed by atoms with van der Waals surface area (Å²) in [7, 11) is 1.86. The molecule has 0 saturated heterocycles. The van der Waals surface area contributed by atoms with Crippen molar-refractivity contribution in [3.05, 3.63) is 16.2 Å². The molecule has 0 atom stereocenters. The van der Waals surface area contributed by atoms with E-state index in [1.807, 2.05) is 33.9 Å². The lowest BCUT2D eigenvalue weighted by atomic mass is 10.2. The molecule has 1 rings (SSSR count). The number of halogens is 1. The van der Waals surface area contributed by atoms with Crippen molar-refractivity contribution in [2.45, 2.75) is 53.6 Å². The van der Waals surface area contributed by atoms with Gasteiger partial charge in [0.25, 0.3) is 0 Å². The zero-order chi connectivity index (χ0) is 14.1. The Bertz CT molecular complexity index is 352. The third kappa shape index (κ3) is 4.84. The van der Waals surface area contributed by atoms with Crippen molar-refractivity contribution in [3.63, 3.8) is 0 Å². The van der Waals surface area contributed by atoms with Crippen LogP contribution in [0.3, 0.4) is 0 Å². The van der Waals surface area contributed by atoms with Crippen LogP contribution >= 0.6 is 15.9 Å². The number of rotatable bonds is 5. The van der Waals surface area contributed by atoms with E-state index in [0.717, 1.165) is 34.6 Å². The van der Waals surface area contributed by atoms with Crippen LogP contribution in [0.25, 0.3) is 0 Å². The second-order valence-corrected chi connectivity index (χ2v) is 4.56. The van der Waals surface area contributed by atoms with Gasteiger partial charge < -0.3 is 10.1 Å². The van der Waals surface area contributed by atoms with Crippen molar-refractivity contribution in [3.8, 4) is 5.75 Å². The molecule has 0 aliphatic heterocycles. The summed E-state index contributed by atoms with van der Waals surface area (Å²) in [5, 5.41) is 3.06. The molecule has 1 aromatic heterocycles. The Labute approximate surface area is 119 Å². The number of hydrogen-bond donors (Lipinski definition) is 1. The normalized spacial score (nSPS) is 9.78. The van der Waals surface area contributed by atoms with Gasteiger partial charge in [-0.15, -0.1) is 0 Å². The highest BCUT2D eigenvalue weighted by molar-refractivity contribution is 9.10. The molecule has 0 saturated carbocycles. The smallest absolute Gasteiger partial charge is 0.168 e. The fraction of sp³-hybridized carbons (Fsp3) is 0.643. The maximum absolute atomic E-state index is 5.92. The molecule has 0 unspecified atom stereocenters. The summed E-state index contributed by atoms with van der Waals surface area (Å²) in [4.78, 5) is 4.43. The number of nitrogens with zero attached hydrogens (tertiary/aromatic N) is 1.